The molecule has 1 aromatic carbocycles. The average molecular weight is 262 g/mol. The van der Waals surface area contributed by atoms with Crippen molar-refractivity contribution >= 4 is 11.6 Å². The third-order valence-corrected chi connectivity index (χ3v) is 3.10. The van der Waals surface area contributed by atoms with Gasteiger partial charge in [-0.1, -0.05) is 29.4 Å². The van der Waals surface area contributed by atoms with Crippen LogP contribution in [0.15, 0.2) is 29.4 Å². The number of hydrogen-bond donors (Lipinski definition) is 2. The number of carbonyl (C=O) groups is 1. The zero-order valence-electron chi connectivity index (χ0n) is 11.1. The van der Waals surface area contributed by atoms with Crippen LogP contribution in [-0.4, -0.2) is 22.3 Å². The highest BCUT2D eigenvalue weighted by molar-refractivity contribution is 5.94. The molecule has 5 heteroatoms. The van der Waals surface area contributed by atoms with Crippen molar-refractivity contribution < 1.29 is 14.7 Å². The van der Waals surface area contributed by atoms with E-state index in [4.69, 9.17) is 9.94 Å². The van der Waals surface area contributed by atoms with Gasteiger partial charge in [0.1, 0.15) is 0 Å². The quantitative estimate of drug-likeness (QED) is 0.860. The van der Waals surface area contributed by atoms with Crippen molar-refractivity contribution in [3.8, 4) is 0 Å². The van der Waals surface area contributed by atoms with Crippen LogP contribution < -0.4 is 5.32 Å². The molecule has 0 saturated heterocycles. The first-order chi connectivity index (χ1) is 9.03. The number of hydrogen-bond acceptors (Lipinski definition) is 4. The van der Waals surface area contributed by atoms with Crippen molar-refractivity contribution in [3.05, 3.63) is 35.4 Å². The van der Waals surface area contributed by atoms with Gasteiger partial charge in [0.25, 0.3) is 5.91 Å². The predicted molar refractivity (Wildman–Crippen MR) is 71.4 cm³/mol. The normalized spacial score (nSPS) is 21.7. The van der Waals surface area contributed by atoms with Gasteiger partial charge in [0.2, 0.25) is 5.60 Å². The highest BCUT2D eigenvalue weighted by Crippen LogP contribution is 2.23. The van der Waals surface area contributed by atoms with Crippen molar-refractivity contribution in [2.45, 2.75) is 39.0 Å². The van der Waals surface area contributed by atoms with E-state index < -0.39 is 5.60 Å². The molecule has 1 aliphatic rings. The maximum absolute atomic E-state index is 12.1. The zero-order chi connectivity index (χ0) is 13.9. The molecule has 0 saturated carbocycles. The van der Waals surface area contributed by atoms with Gasteiger partial charge in [-0.15, -0.1) is 0 Å². The van der Waals surface area contributed by atoms with Gasteiger partial charge >= 0.3 is 0 Å². The molecule has 1 aromatic rings. The van der Waals surface area contributed by atoms with Gasteiger partial charge in [-0.25, -0.2) is 0 Å². The number of carbonyl (C=O) groups excluding carboxylic acids is 1. The van der Waals surface area contributed by atoms with Crippen LogP contribution in [0.5, 0.6) is 0 Å². The molecule has 0 radical (unpaired) electrons. The van der Waals surface area contributed by atoms with E-state index in [0.717, 1.165) is 16.8 Å². The van der Waals surface area contributed by atoms with Crippen LogP contribution in [0, 0.1) is 0 Å². The Morgan fingerprint density at radius 1 is 1.53 bits per heavy atom. The smallest absolute Gasteiger partial charge is 0.267 e. The fourth-order valence-electron chi connectivity index (χ4n) is 2.06. The summed E-state index contributed by atoms with van der Waals surface area (Å²) >= 11 is 0. The third kappa shape index (κ3) is 3.12. The molecule has 19 heavy (non-hydrogen) atoms. The predicted octanol–water partition coefficient (Wildman–Crippen LogP) is 1.35. The number of nitrogens with zero attached hydrogens (tertiary/aromatic N) is 1. The molecule has 2 N–H and O–H groups in total. The second kappa shape index (κ2) is 5.40. The number of aliphatic hydroxyl groups is 1. The Morgan fingerprint density at radius 2 is 2.26 bits per heavy atom. The van der Waals surface area contributed by atoms with E-state index in [1.54, 1.807) is 6.92 Å². The molecule has 0 aromatic heterocycles. The molecule has 1 heterocycles. The van der Waals surface area contributed by atoms with Gasteiger partial charge in [-0.05, 0) is 25.0 Å². The molecular weight excluding hydrogens is 244 g/mol. The highest BCUT2D eigenvalue weighted by Gasteiger charge is 2.40. The van der Waals surface area contributed by atoms with Gasteiger partial charge < -0.3 is 15.3 Å². The van der Waals surface area contributed by atoms with Gasteiger partial charge in [-0.3, -0.25) is 4.79 Å². The molecular formula is C14H18N2O3. The van der Waals surface area contributed by atoms with Gasteiger partial charge in [-0.2, -0.15) is 0 Å². The molecule has 0 bridgehead atoms. The second-order valence-corrected chi connectivity index (χ2v) is 4.99. The Morgan fingerprint density at radius 3 is 2.89 bits per heavy atom. The summed E-state index contributed by atoms with van der Waals surface area (Å²) in [6.07, 6.45) is 0.509. The molecule has 1 unspecified atom stereocenters. The van der Waals surface area contributed by atoms with Crippen LogP contribution in [-0.2, 0) is 22.8 Å². The summed E-state index contributed by atoms with van der Waals surface area (Å²) in [6, 6.07) is 7.46. The molecule has 0 fully saturated rings. The molecule has 0 aliphatic carbocycles. The average Bonchev–Trinajstić information content (AvgIpc) is 2.77. The Hall–Kier alpha value is -1.88. The number of rotatable bonds is 4. The minimum absolute atomic E-state index is 0.00432. The van der Waals surface area contributed by atoms with Gasteiger partial charge in [0.05, 0.1) is 12.3 Å². The van der Waals surface area contributed by atoms with Crippen LogP contribution in [0.25, 0.3) is 0 Å². The number of oxime groups is 1. The first-order valence-corrected chi connectivity index (χ1v) is 6.22. The van der Waals surface area contributed by atoms with Crippen LogP contribution in [0.2, 0.25) is 0 Å². The van der Waals surface area contributed by atoms with E-state index in [-0.39, 0.29) is 12.5 Å². The molecule has 1 atom stereocenters. The number of nitrogens with one attached hydrogen (secondary N) is 1. The first-order valence-electron chi connectivity index (χ1n) is 6.22. The summed E-state index contributed by atoms with van der Waals surface area (Å²) in [5.74, 6) is -0.178. The van der Waals surface area contributed by atoms with E-state index in [9.17, 15) is 4.79 Å². The van der Waals surface area contributed by atoms with Crippen molar-refractivity contribution in [1.82, 2.24) is 5.32 Å². The number of benzene rings is 1. The van der Waals surface area contributed by atoms with Crippen LogP contribution in [0.1, 0.15) is 31.4 Å². The maximum atomic E-state index is 12.1. The molecule has 0 spiro atoms. The first kappa shape index (κ1) is 13.5. The Balaban J connectivity index is 1.93. The molecule has 2 rings (SSSR count). The minimum Gasteiger partial charge on any atom is -0.392 e. The summed E-state index contributed by atoms with van der Waals surface area (Å²) in [6.45, 7) is 3.97. The van der Waals surface area contributed by atoms with Crippen molar-refractivity contribution in [2.24, 2.45) is 5.16 Å². The summed E-state index contributed by atoms with van der Waals surface area (Å²) in [5, 5.41) is 15.7. The maximum Gasteiger partial charge on any atom is 0.267 e. The SMILES string of the molecule is CC1=NOC(C)(C(=O)NCc2cccc(CO)c2)C1. The fourth-order valence-corrected chi connectivity index (χ4v) is 2.06. The third-order valence-electron chi connectivity index (χ3n) is 3.10. The number of aliphatic hydroxyl groups excluding tert-OH is 1. The largest absolute Gasteiger partial charge is 0.392 e. The van der Waals surface area contributed by atoms with Crippen LogP contribution >= 0.6 is 0 Å². The Labute approximate surface area is 112 Å². The van der Waals surface area contributed by atoms with E-state index in [0.29, 0.717) is 13.0 Å². The van der Waals surface area contributed by atoms with E-state index in [2.05, 4.69) is 10.5 Å². The molecule has 1 aliphatic heterocycles. The topological polar surface area (TPSA) is 70.9 Å². The van der Waals surface area contributed by atoms with Crippen molar-refractivity contribution in [3.63, 3.8) is 0 Å². The van der Waals surface area contributed by atoms with E-state index in [1.165, 1.54) is 0 Å². The van der Waals surface area contributed by atoms with Gasteiger partial charge in [0.15, 0.2) is 0 Å². The fraction of sp³-hybridized carbons (Fsp3) is 0.429. The molecule has 1 amide bonds. The van der Waals surface area contributed by atoms with E-state index >= 15 is 0 Å². The second-order valence-electron chi connectivity index (χ2n) is 4.99. The Kier molecular flexibility index (Phi) is 3.85. The lowest BCUT2D eigenvalue weighted by atomic mass is 9.99. The standard InChI is InChI=1S/C14H18N2O3/c1-10-7-14(2,19-16-10)13(18)15-8-11-4-3-5-12(6-11)9-17/h3-6,17H,7-9H2,1-2H3,(H,15,18). The van der Waals surface area contributed by atoms with Crippen LogP contribution in [0.4, 0.5) is 0 Å². The molecule has 102 valence electrons. The van der Waals surface area contributed by atoms with Crippen LogP contribution in [0.3, 0.4) is 0 Å². The van der Waals surface area contributed by atoms with Gasteiger partial charge in [0, 0.05) is 13.0 Å². The Bertz CT molecular complexity index is 513. The summed E-state index contributed by atoms with van der Waals surface area (Å²) in [4.78, 5) is 17.3. The minimum atomic E-state index is -0.904. The summed E-state index contributed by atoms with van der Waals surface area (Å²) in [7, 11) is 0. The summed E-state index contributed by atoms with van der Waals surface area (Å²) in [5.41, 5.74) is 1.69. The lowest BCUT2D eigenvalue weighted by Gasteiger charge is -2.20. The highest BCUT2D eigenvalue weighted by atomic mass is 16.7. The van der Waals surface area contributed by atoms with Crippen molar-refractivity contribution in [2.75, 3.05) is 0 Å². The van der Waals surface area contributed by atoms with Crippen molar-refractivity contribution in [1.29, 1.82) is 0 Å². The lowest BCUT2D eigenvalue weighted by Crippen LogP contribution is -2.44. The van der Waals surface area contributed by atoms with E-state index in [1.807, 2.05) is 31.2 Å². The zero-order valence-corrected chi connectivity index (χ0v) is 11.1. The molecule has 5 nitrogen and oxygen atoms in total. The lowest BCUT2D eigenvalue weighted by molar-refractivity contribution is -0.141. The monoisotopic (exact) mass is 262 g/mol. The summed E-state index contributed by atoms with van der Waals surface area (Å²) < 4.78 is 0. The number of amides is 1.